The van der Waals surface area contributed by atoms with Crippen molar-refractivity contribution in [2.24, 2.45) is 0 Å². The van der Waals surface area contributed by atoms with Crippen LogP contribution in [0.2, 0.25) is 0 Å². The smallest absolute Gasteiger partial charge is 0.264 e. The Labute approximate surface area is 222 Å². The summed E-state index contributed by atoms with van der Waals surface area (Å²) in [5.41, 5.74) is 1.06. The fourth-order valence-electron chi connectivity index (χ4n) is 3.89. The molecule has 8 nitrogen and oxygen atoms in total. The van der Waals surface area contributed by atoms with E-state index in [-0.39, 0.29) is 42.6 Å². The maximum Gasteiger partial charge on any atom is 0.264 e. The highest BCUT2D eigenvalue weighted by molar-refractivity contribution is 7.81. The second kappa shape index (κ2) is 13.3. The third-order valence-electron chi connectivity index (χ3n) is 5.72. The Balaban J connectivity index is 2.38. The summed E-state index contributed by atoms with van der Waals surface area (Å²) in [4.78, 5) is 40.0. The zero-order valence-corrected chi connectivity index (χ0v) is 21.9. The predicted octanol–water partition coefficient (Wildman–Crippen LogP) is 3.24. The van der Waals surface area contributed by atoms with Crippen LogP contribution in [-0.2, 0) is 19.1 Å². The van der Waals surface area contributed by atoms with E-state index in [0.717, 1.165) is 0 Å². The van der Waals surface area contributed by atoms with Crippen LogP contribution in [0.3, 0.4) is 0 Å². The first-order valence-corrected chi connectivity index (χ1v) is 12.0. The van der Waals surface area contributed by atoms with Gasteiger partial charge in [0.25, 0.3) is 5.91 Å². The molecule has 1 unspecified atom stereocenters. The topological polar surface area (TPSA) is 106 Å². The van der Waals surface area contributed by atoms with E-state index in [4.69, 9.17) is 19.1 Å². The number of amides is 3. The number of allylic oxidation sites excluding steroid dienone is 3. The fraction of sp³-hybridized carbons (Fsp3) is 0.333. The molecular formula is C27H30FN5O3S. The number of rotatable bonds is 11. The Hall–Kier alpha value is -4.02. The lowest BCUT2D eigenvalue weighted by atomic mass is 9.91. The highest BCUT2D eigenvalue weighted by atomic mass is 32.1. The van der Waals surface area contributed by atoms with E-state index < -0.39 is 10.7 Å². The number of carbonyl (C=O) groups is 3. The fourth-order valence-corrected chi connectivity index (χ4v) is 4.27. The molecule has 0 fully saturated rings. The lowest BCUT2D eigenvalue weighted by molar-refractivity contribution is -0.118. The average Bonchev–Trinajstić information content (AvgIpc) is 2.87. The van der Waals surface area contributed by atoms with E-state index in [2.05, 4.69) is 16.6 Å². The quantitative estimate of drug-likeness (QED) is 0.136. The summed E-state index contributed by atoms with van der Waals surface area (Å²) in [6, 6.07) is 8.55. The highest BCUT2D eigenvalue weighted by Gasteiger charge is 2.36. The molecule has 194 valence electrons. The molecule has 0 spiro atoms. The lowest BCUT2D eigenvalue weighted by Gasteiger charge is -2.34. The monoisotopic (exact) mass is 523 g/mol. The number of nitrogens with zero attached hydrogens (tertiary/aromatic N) is 3. The molecule has 0 aliphatic heterocycles. The molecule has 0 aromatic heterocycles. The Bertz CT molecular complexity index is 1220. The van der Waals surface area contributed by atoms with Gasteiger partial charge in [-0.3, -0.25) is 14.4 Å². The van der Waals surface area contributed by atoms with E-state index >= 15 is 0 Å². The molecule has 2 N–H and O–H groups in total. The van der Waals surface area contributed by atoms with Crippen molar-refractivity contribution in [3.8, 4) is 18.4 Å². The molecule has 1 atom stereocenters. The Morgan fingerprint density at radius 2 is 2.03 bits per heavy atom. The molecule has 0 heterocycles. The van der Waals surface area contributed by atoms with Crippen LogP contribution in [-0.4, -0.2) is 54.7 Å². The number of benzene rings is 1. The number of anilines is 1. The highest BCUT2D eigenvalue weighted by Crippen LogP contribution is 2.40. The molecule has 1 aliphatic carbocycles. The third kappa shape index (κ3) is 7.25. The minimum absolute atomic E-state index is 0.0695. The molecule has 0 bridgehead atoms. The van der Waals surface area contributed by atoms with Gasteiger partial charge in [0.1, 0.15) is 17.5 Å². The summed E-state index contributed by atoms with van der Waals surface area (Å²) in [5.74, 6) is 0.807. The Morgan fingerprint density at radius 3 is 2.62 bits per heavy atom. The first kappa shape index (κ1) is 29.2. The van der Waals surface area contributed by atoms with Gasteiger partial charge in [0.05, 0.1) is 29.2 Å². The molecule has 1 aromatic rings. The van der Waals surface area contributed by atoms with Gasteiger partial charge in [-0.15, -0.1) is 6.42 Å². The molecule has 0 saturated carbocycles. The van der Waals surface area contributed by atoms with Crippen LogP contribution < -0.4 is 10.6 Å². The summed E-state index contributed by atoms with van der Waals surface area (Å²) in [6.07, 6.45) is 10.3. The summed E-state index contributed by atoms with van der Waals surface area (Å²) < 4.78 is 12.8. The molecule has 37 heavy (non-hydrogen) atoms. The number of likely N-dealkylation sites (N-methyl/N-ethyl adjacent to an activating group) is 2. The van der Waals surface area contributed by atoms with Crippen molar-refractivity contribution in [1.29, 1.82) is 5.26 Å². The van der Waals surface area contributed by atoms with Gasteiger partial charge in [-0.1, -0.05) is 24.1 Å². The van der Waals surface area contributed by atoms with Crippen LogP contribution >= 0.6 is 12.6 Å². The van der Waals surface area contributed by atoms with Crippen molar-refractivity contribution in [3.05, 3.63) is 64.8 Å². The first-order valence-electron chi connectivity index (χ1n) is 11.6. The van der Waals surface area contributed by atoms with E-state index in [9.17, 15) is 24.0 Å². The Kier molecular flexibility index (Phi) is 10.5. The van der Waals surface area contributed by atoms with Crippen molar-refractivity contribution in [2.75, 3.05) is 32.0 Å². The molecule has 10 heteroatoms. The Morgan fingerprint density at radius 1 is 1.32 bits per heavy atom. The van der Waals surface area contributed by atoms with Gasteiger partial charge < -0.3 is 20.4 Å². The minimum atomic E-state index is -1.30. The second-order valence-corrected chi connectivity index (χ2v) is 9.28. The molecule has 1 aliphatic rings. The molecule has 0 saturated heterocycles. The second-order valence-electron chi connectivity index (χ2n) is 8.39. The van der Waals surface area contributed by atoms with Crippen LogP contribution in [0.4, 0.5) is 10.1 Å². The van der Waals surface area contributed by atoms with Crippen molar-refractivity contribution in [2.45, 2.75) is 31.4 Å². The summed E-state index contributed by atoms with van der Waals surface area (Å²) >= 11 is 4.76. The number of hydrogen-bond donors (Lipinski definition) is 3. The van der Waals surface area contributed by atoms with E-state index in [0.29, 0.717) is 36.2 Å². The molecule has 0 radical (unpaired) electrons. The normalized spacial score (nSPS) is 14.9. The standard InChI is InChI=1S/C27H30FN5O3S/c1-5-14-30-26(36)21(16-29)25(33(6-2)18-34)27(3,37)19-10-9-11-20(15-19)31-24(35)17-32(4)23-13-8-7-12-22(23)28/h1,9-13,15,18,37H,6-8,14,17H2,2-4H3,(H,30,36)(H,31,35)/b25-21+. The number of halogens is 1. The zero-order chi connectivity index (χ0) is 27.6. The summed E-state index contributed by atoms with van der Waals surface area (Å²) in [7, 11) is 1.63. The van der Waals surface area contributed by atoms with Crippen LogP contribution in [0.15, 0.2) is 59.2 Å². The SMILES string of the molecule is C#CCNC(=O)/C(C#N)=C(/N(C=O)CC)C(C)(S)c1cccc(NC(=O)CN(C)C2=CCCC=C2F)c1. The number of nitrogens with one attached hydrogen (secondary N) is 2. The average molecular weight is 524 g/mol. The van der Waals surface area contributed by atoms with Crippen LogP contribution in [0.25, 0.3) is 0 Å². The van der Waals surface area contributed by atoms with E-state index in [1.54, 1.807) is 51.2 Å². The van der Waals surface area contributed by atoms with Gasteiger partial charge >= 0.3 is 0 Å². The van der Waals surface area contributed by atoms with Gasteiger partial charge in [0.15, 0.2) is 0 Å². The zero-order valence-electron chi connectivity index (χ0n) is 21.0. The number of nitriles is 1. The number of hydrogen-bond acceptors (Lipinski definition) is 6. The summed E-state index contributed by atoms with van der Waals surface area (Å²) in [6.45, 7) is 3.33. The van der Waals surface area contributed by atoms with Gasteiger partial charge in [-0.25, -0.2) is 4.39 Å². The maximum absolute atomic E-state index is 14.1. The van der Waals surface area contributed by atoms with Crippen molar-refractivity contribution >= 4 is 36.5 Å². The first-order chi connectivity index (χ1) is 17.6. The van der Waals surface area contributed by atoms with Crippen molar-refractivity contribution in [3.63, 3.8) is 0 Å². The van der Waals surface area contributed by atoms with E-state index in [1.807, 2.05) is 6.07 Å². The van der Waals surface area contributed by atoms with Gasteiger partial charge in [0, 0.05) is 19.3 Å². The molecule has 1 aromatic carbocycles. The summed E-state index contributed by atoms with van der Waals surface area (Å²) in [5, 5.41) is 15.0. The predicted molar refractivity (Wildman–Crippen MR) is 143 cm³/mol. The number of carbonyl (C=O) groups excluding carboxylic acids is 3. The van der Waals surface area contributed by atoms with Crippen LogP contribution in [0, 0.1) is 23.7 Å². The van der Waals surface area contributed by atoms with Crippen LogP contribution in [0.5, 0.6) is 0 Å². The molecule has 2 rings (SSSR count). The number of thiol groups is 1. The van der Waals surface area contributed by atoms with Crippen molar-refractivity contribution < 1.29 is 18.8 Å². The van der Waals surface area contributed by atoms with E-state index in [1.165, 1.54) is 15.9 Å². The molecule has 3 amide bonds. The van der Waals surface area contributed by atoms with Crippen molar-refractivity contribution in [1.82, 2.24) is 15.1 Å². The third-order valence-corrected chi connectivity index (χ3v) is 6.19. The van der Waals surface area contributed by atoms with Gasteiger partial charge in [-0.05, 0) is 50.5 Å². The van der Waals surface area contributed by atoms with Gasteiger partial charge in [-0.2, -0.15) is 17.9 Å². The van der Waals surface area contributed by atoms with Gasteiger partial charge in [0.2, 0.25) is 12.3 Å². The maximum atomic E-state index is 14.1. The lowest BCUT2D eigenvalue weighted by Crippen LogP contribution is -2.37. The number of terminal acetylenes is 1. The minimum Gasteiger partial charge on any atom is -0.363 e. The van der Waals surface area contributed by atoms with Crippen LogP contribution in [0.1, 0.15) is 32.3 Å². The largest absolute Gasteiger partial charge is 0.363 e. The molecular weight excluding hydrogens is 493 g/mol.